The molecular weight excluding hydrogens is 306 g/mol. The van der Waals surface area contributed by atoms with Crippen molar-refractivity contribution in [2.24, 2.45) is 4.99 Å². The number of aromatic nitrogens is 2. The molecule has 1 aromatic heterocycles. The van der Waals surface area contributed by atoms with Gasteiger partial charge in [0.05, 0.1) is 23.8 Å². The van der Waals surface area contributed by atoms with E-state index in [0.717, 1.165) is 12.1 Å². The summed E-state index contributed by atoms with van der Waals surface area (Å²) < 4.78 is 12.4. The minimum absolute atomic E-state index is 0.197. The highest BCUT2D eigenvalue weighted by Gasteiger charge is 2.06. The van der Waals surface area contributed by atoms with E-state index in [1.807, 2.05) is 44.2 Å². The normalized spacial score (nSPS) is 11.7. The molecule has 1 aromatic carbocycles. The van der Waals surface area contributed by atoms with Gasteiger partial charge in [0.2, 0.25) is 5.88 Å². The lowest BCUT2D eigenvalue weighted by molar-refractivity contribution is 0.168. The Labute approximate surface area is 141 Å². The predicted octanol–water partition coefficient (Wildman–Crippen LogP) is 3.27. The number of nitrogens with zero attached hydrogens (tertiary/aromatic N) is 3. The number of carbonyl (C=O) groups excluding carboxylic acids is 1. The topological polar surface area (TPSA) is 65.7 Å². The molecule has 0 N–H and O–H groups in total. The molecule has 0 aliphatic carbocycles. The average Bonchev–Trinajstić information content (AvgIpc) is 2.61. The number of para-hydroxylation sites is 1. The summed E-state index contributed by atoms with van der Waals surface area (Å²) in [4.78, 5) is 15.6. The van der Waals surface area contributed by atoms with Crippen LogP contribution in [0.25, 0.3) is 5.69 Å². The van der Waals surface area contributed by atoms with Crippen LogP contribution >= 0.6 is 0 Å². The number of ether oxygens (including phenoxy) is 2. The second-order valence-corrected chi connectivity index (χ2v) is 4.91. The number of hydrogen-bond acceptors (Lipinski definition) is 4. The highest BCUT2D eigenvalue weighted by molar-refractivity contribution is 5.68. The maximum Gasteiger partial charge on any atom is 0.434 e. The number of allylic oxidation sites excluding steroid dienone is 1. The van der Waals surface area contributed by atoms with Crippen molar-refractivity contribution in [2.45, 2.75) is 20.3 Å². The average molecular weight is 327 g/mol. The first-order valence-electron chi connectivity index (χ1n) is 7.85. The van der Waals surface area contributed by atoms with Crippen LogP contribution in [0.3, 0.4) is 0 Å². The molecule has 6 nitrogen and oxygen atoms in total. The quantitative estimate of drug-likeness (QED) is 0.764. The van der Waals surface area contributed by atoms with E-state index in [1.54, 1.807) is 22.9 Å². The van der Waals surface area contributed by atoms with Crippen LogP contribution in [0.1, 0.15) is 20.3 Å². The van der Waals surface area contributed by atoms with Gasteiger partial charge in [-0.3, -0.25) is 0 Å². The number of amides is 1. The van der Waals surface area contributed by atoms with Crippen LogP contribution in [0, 0.1) is 0 Å². The molecule has 6 heteroatoms. The lowest BCUT2D eigenvalue weighted by Crippen LogP contribution is -2.16. The van der Waals surface area contributed by atoms with Gasteiger partial charge in [-0.15, -0.1) is 0 Å². The van der Waals surface area contributed by atoms with Crippen LogP contribution in [-0.2, 0) is 4.74 Å². The molecule has 1 amide bonds. The molecule has 0 bridgehead atoms. The minimum Gasteiger partial charge on any atom is -0.478 e. The van der Waals surface area contributed by atoms with Crippen LogP contribution in [0.5, 0.6) is 5.88 Å². The zero-order valence-corrected chi connectivity index (χ0v) is 13.9. The van der Waals surface area contributed by atoms with Gasteiger partial charge in [-0.2, -0.15) is 10.1 Å². The molecule has 24 heavy (non-hydrogen) atoms. The summed E-state index contributed by atoms with van der Waals surface area (Å²) >= 11 is 0. The Bertz CT molecular complexity index is 752. The van der Waals surface area contributed by atoms with Crippen LogP contribution in [0.2, 0.25) is 0 Å². The highest BCUT2D eigenvalue weighted by atomic mass is 16.5. The Morgan fingerprint density at radius 1 is 1.33 bits per heavy atom. The SMILES string of the molecule is CC=CCOC(=O)N=c1cnn(-c2ccccc2)c(OCCC)c1. The smallest absolute Gasteiger partial charge is 0.434 e. The third kappa shape index (κ3) is 5.08. The van der Waals surface area contributed by atoms with Gasteiger partial charge in [-0.05, 0) is 25.5 Å². The Balaban J connectivity index is 2.30. The molecule has 2 rings (SSSR count). The number of hydrogen-bond donors (Lipinski definition) is 0. The van der Waals surface area contributed by atoms with E-state index in [-0.39, 0.29) is 6.61 Å². The fraction of sp³-hybridized carbons (Fsp3) is 0.278. The zero-order valence-electron chi connectivity index (χ0n) is 13.9. The summed E-state index contributed by atoms with van der Waals surface area (Å²) in [6.07, 6.45) is 5.24. The van der Waals surface area contributed by atoms with Crippen molar-refractivity contribution < 1.29 is 14.3 Å². The van der Waals surface area contributed by atoms with E-state index >= 15 is 0 Å². The van der Waals surface area contributed by atoms with E-state index in [2.05, 4.69) is 10.1 Å². The molecule has 0 aliphatic rings. The summed E-state index contributed by atoms with van der Waals surface area (Å²) in [5.41, 5.74) is 0.866. The van der Waals surface area contributed by atoms with Gasteiger partial charge in [0.1, 0.15) is 6.61 Å². The van der Waals surface area contributed by atoms with Crippen molar-refractivity contribution in [3.05, 3.63) is 60.1 Å². The highest BCUT2D eigenvalue weighted by Crippen LogP contribution is 2.14. The summed E-state index contributed by atoms with van der Waals surface area (Å²) in [5, 5.41) is 4.72. The van der Waals surface area contributed by atoms with E-state index in [9.17, 15) is 4.79 Å². The Morgan fingerprint density at radius 3 is 2.83 bits per heavy atom. The van der Waals surface area contributed by atoms with Crippen molar-refractivity contribution >= 4 is 6.09 Å². The lowest BCUT2D eigenvalue weighted by atomic mass is 10.3. The van der Waals surface area contributed by atoms with Gasteiger partial charge in [0.25, 0.3) is 0 Å². The summed E-state index contributed by atoms with van der Waals surface area (Å²) in [7, 11) is 0. The molecule has 2 aromatic rings. The first-order valence-corrected chi connectivity index (χ1v) is 7.85. The zero-order chi connectivity index (χ0) is 17.2. The third-order valence-corrected chi connectivity index (χ3v) is 3.00. The molecule has 1 heterocycles. The molecule has 0 unspecified atom stereocenters. The number of benzene rings is 1. The Kier molecular flexibility index (Phi) is 6.76. The first kappa shape index (κ1) is 17.5. The number of rotatable bonds is 6. The molecule has 0 aliphatic heterocycles. The molecule has 0 fully saturated rings. The van der Waals surface area contributed by atoms with E-state index < -0.39 is 6.09 Å². The molecular formula is C18H21N3O3. The molecule has 0 spiro atoms. The fourth-order valence-electron chi connectivity index (χ4n) is 1.89. The van der Waals surface area contributed by atoms with Gasteiger partial charge >= 0.3 is 6.09 Å². The van der Waals surface area contributed by atoms with Gasteiger partial charge in [0, 0.05) is 6.07 Å². The van der Waals surface area contributed by atoms with Crippen LogP contribution in [-0.4, -0.2) is 29.1 Å². The van der Waals surface area contributed by atoms with Crippen LogP contribution in [0.15, 0.2) is 59.7 Å². The van der Waals surface area contributed by atoms with Gasteiger partial charge in [-0.25, -0.2) is 9.48 Å². The van der Waals surface area contributed by atoms with E-state index in [4.69, 9.17) is 9.47 Å². The molecule has 0 radical (unpaired) electrons. The van der Waals surface area contributed by atoms with Crippen molar-refractivity contribution in [3.8, 4) is 11.6 Å². The fourth-order valence-corrected chi connectivity index (χ4v) is 1.89. The van der Waals surface area contributed by atoms with E-state index in [0.29, 0.717) is 17.8 Å². The third-order valence-electron chi connectivity index (χ3n) is 3.00. The molecule has 0 saturated heterocycles. The standard InChI is InChI=1S/C18H21N3O3/c1-3-5-12-24-18(22)20-15-13-17(23-11-4-2)21(19-14-15)16-9-7-6-8-10-16/h3,5-10,13-14H,4,11-12H2,1-2H3. The van der Waals surface area contributed by atoms with Crippen molar-refractivity contribution in [1.82, 2.24) is 9.78 Å². The van der Waals surface area contributed by atoms with Gasteiger partial charge < -0.3 is 9.47 Å². The van der Waals surface area contributed by atoms with Crippen molar-refractivity contribution in [2.75, 3.05) is 13.2 Å². The summed E-state index contributed by atoms with van der Waals surface area (Å²) in [6, 6.07) is 11.3. The Morgan fingerprint density at radius 2 is 2.12 bits per heavy atom. The van der Waals surface area contributed by atoms with Crippen molar-refractivity contribution in [1.29, 1.82) is 0 Å². The van der Waals surface area contributed by atoms with Crippen molar-refractivity contribution in [3.63, 3.8) is 0 Å². The second kappa shape index (κ2) is 9.29. The molecule has 0 saturated carbocycles. The van der Waals surface area contributed by atoms with E-state index in [1.165, 1.54) is 6.20 Å². The summed E-state index contributed by atoms with van der Waals surface area (Å²) in [5.74, 6) is 0.519. The minimum atomic E-state index is -0.659. The molecule has 126 valence electrons. The van der Waals surface area contributed by atoms with Gasteiger partial charge in [0.15, 0.2) is 0 Å². The first-order chi connectivity index (χ1) is 11.7. The lowest BCUT2D eigenvalue weighted by Gasteiger charge is -2.12. The largest absolute Gasteiger partial charge is 0.478 e. The van der Waals surface area contributed by atoms with Crippen LogP contribution in [0.4, 0.5) is 4.79 Å². The predicted molar refractivity (Wildman–Crippen MR) is 91.1 cm³/mol. The maximum atomic E-state index is 11.7. The van der Waals surface area contributed by atoms with Crippen LogP contribution < -0.4 is 10.1 Å². The Hall–Kier alpha value is -2.89. The summed E-state index contributed by atoms with van der Waals surface area (Å²) in [6.45, 7) is 4.62. The number of carbonyl (C=O) groups is 1. The molecule has 0 atom stereocenters. The maximum absolute atomic E-state index is 11.7. The second-order valence-electron chi connectivity index (χ2n) is 4.91. The monoisotopic (exact) mass is 327 g/mol. The van der Waals surface area contributed by atoms with Gasteiger partial charge in [-0.1, -0.05) is 37.3 Å².